The molecule has 4 nitrogen and oxygen atoms in total. The Kier molecular flexibility index (Phi) is 1.72. The highest BCUT2D eigenvalue weighted by atomic mass is 32.1. The third-order valence-corrected chi connectivity index (χ3v) is 2.95. The van der Waals surface area contributed by atoms with Crippen LogP contribution in [0.3, 0.4) is 0 Å². The molecule has 3 rings (SSSR count). The second-order valence-corrected chi connectivity index (χ2v) is 4.04. The zero-order chi connectivity index (χ0) is 10.3. The van der Waals surface area contributed by atoms with E-state index in [9.17, 15) is 0 Å². The van der Waals surface area contributed by atoms with Crippen molar-refractivity contribution in [3.63, 3.8) is 0 Å². The van der Waals surface area contributed by atoms with Crippen molar-refractivity contribution in [2.75, 3.05) is 5.73 Å². The summed E-state index contributed by atoms with van der Waals surface area (Å²) in [7, 11) is 0. The number of thiazole rings is 1. The molecule has 2 aromatic heterocycles. The second kappa shape index (κ2) is 3.06. The number of hydrogen-bond acceptors (Lipinski definition) is 5. The average molecular weight is 217 g/mol. The summed E-state index contributed by atoms with van der Waals surface area (Å²) in [6.07, 6.45) is 0. The van der Waals surface area contributed by atoms with E-state index in [0.717, 1.165) is 15.8 Å². The van der Waals surface area contributed by atoms with Crippen LogP contribution in [0.1, 0.15) is 0 Å². The Labute approximate surface area is 89.3 Å². The molecule has 74 valence electrons. The largest absolute Gasteiger partial charge is 0.381 e. The monoisotopic (exact) mass is 217 g/mol. The topological polar surface area (TPSA) is 64.9 Å². The maximum atomic E-state index is 5.49. The predicted octanol–water partition coefficient (Wildman–Crippen LogP) is 2.53. The lowest BCUT2D eigenvalue weighted by Crippen LogP contribution is -1.80. The van der Waals surface area contributed by atoms with Crippen LogP contribution >= 0.6 is 11.3 Å². The van der Waals surface area contributed by atoms with Crippen LogP contribution in [0.5, 0.6) is 0 Å². The smallest absolute Gasteiger partial charge is 0.169 e. The molecular weight excluding hydrogens is 210 g/mol. The maximum absolute atomic E-state index is 5.49. The van der Waals surface area contributed by atoms with Crippen molar-refractivity contribution < 1.29 is 4.52 Å². The van der Waals surface area contributed by atoms with Crippen molar-refractivity contribution in [3.8, 4) is 11.3 Å². The third-order valence-electron chi connectivity index (χ3n) is 2.14. The summed E-state index contributed by atoms with van der Waals surface area (Å²) < 4.78 is 6.23. The third kappa shape index (κ3) is 1.37. The quantitative estimate of drug-likeness (QED) is 0.680. The molecule has 0 fully saturated rings. The fourth-order valence-electron chi connectivity index (χ4n) is 1.44. The molecule has 0 amide bonds. The van der Waals surface area contributed by atoms with Gasteiger partial charge in [0.15, 0.2) is 11.6 Å². The summed E-state index contributed by atoms with van der Waals surface area (Å²) in [6, 6.07) is 7.65. The highest BCUT2D eigenvalue weighted by Crippen LogP contribution is 2.26. The van der Waals surface area contributed by atoms with Crippen molar-refractivity contribution in [1.29, 1.82) is 0 Å². The fourth-order valence-corrected chi connectivity index (χ4v) is 2.09. The normalized spacial score (nSPS) is 10.9. The lowest BCUT2D eigenvalue weighted by molar-refractivity contribution is 0.436. The van der Waals surface area contributed by atoms with Crippen LogP contribution in [0.15, 0.2) is 34.3 Å². The fraction of sp³-hybridized carbons (Fsp3) is 0. The summed E-state index contributed by atoms with van der Waals surface area (Å²) in [5.41, 5.74) is 9.22. The summed E-state index contributed by atoms with van der Waals surface area (Å²) in [6.45, 7) is 0. The van der Waals surface area contributed by atoms with Gasteiger partial charge in [-0.2, -0.15) is 0 Å². The number of anilines is 1. The van der Waals surface area contributed by atoms with Crippen molar-refractivity contribution in [2.45, 2.75) is 0 Å². The molecule has 0 aliphatic rings. The number of fused-ring (bicyclic) bond motifs is 1. The van der Waals surface area contributed by atoms with Gasteiger partial charge in [0, 0.05) is 11.6 Å². The van der Waals surface area contributed by atoms with Gasteiger partial charge in [0.05, 0.1) is 15.7 Å². The second-order valence-electron chi connectivity index (χ2n) is 3.15. The van der Waals surface area contributed by atoms with Gasteiger partial charge >= 0.3 is 0 Å². The molecule has 0 bridgehead atoms. The highest BCUT2D eigenvalue weighted by molar-refractivity contribution is 7.16. The molecule has 0 unspecified atom stereocenters. The number of nitrogen functional groups attached to an aromatic ring is 1. The molecule has 3 aromatic rings. The van der Waals surface area contributed by atoms with E-state index in [0.29, 0.717) is 11.6 Å². The van der Waals surface area contributed by atoms with E-state index >= 15 is 0 Å². The molecule has 0 atom stereocenters. The predicted molar refractivity (Wildman–Crippen MR) is 59.5 cm³/mol. The van der Waals surface area contributed by atoms with E-state index in [4.69, 9.17) is 10.3 Å². The summed E-state index contributed by atoms with van der Waals surface area (Å²) in [4.78, 5) is 4.24. The molecule has 2 heterocycles. The summed E-state index contributed by atoms with van der Waals surface area (Å²) in [5.74, 6) is 1.06. The molecular formula is C10H7N3OS. The number of rotatable bonds is 1. The maximum Gasteiger partial charge on any atom is 0.169 e. The lowest BCUT2D eigenvalue weighted by atomic mass is 10.1. The number of benzene rings is 1. The number of hydrogen-bond donors (Lipinski definition) is 1. The van der Waals surface area contributed by atoms with Crippen LogP contribution < -0.4 is 5.73 Å². The van der Waals surface area contributed by atoms with Gasteiger partial charge in [0.1, 0.15) is 0 Å². The van der Waals surface area contributed by atoms with E-state index in [1.54, 1.807) is 17.4 Å². The lowest BCUT2D eigenvalue weighted by Gasteiger charge is -1.94. The van der Waals surface area contributed by atoms with Gasteiger partial charge in [-0.15, -0.1) is 11.3 Å². The minimum Gasteiger partial charge on any atom is -0.381 e. The SMILES string of the molecule is Nc1cc(-c2ccc3scnc3c2)on1. The Hall–Kier alpha value is -1.88. The molecule has 0 saturated carbocycles. The molecule has 0 spiro atoms. The van der Waals surface area contributed by atoms with Gasteiger partial charge in [-0.05, 0) is 18.2 Å². The number of nitrogens with two attached hydrogens (primary N) is 1. The van der Waals surface area contributed by atoms with Gasteiger partial charge in [0.25, 0.3) is 0 Å². The molecule has 0 aliphatic heterocycles. The Morgan fingerprint density at radius 2 is 2.20 bits per heavy atom. The molecule has 0 aliphatic carbocycles. The zero-order valence-corrected chi connectivity index (χ0v) is 8.49. The average Bonchev–Trinajstić information content (AvgIpc) is 2.84. The van der Waals surface area contributed by atoms with Gasteiger partial charge in [-0.25, -0.2) is 4.98 Å². The summed E-state index contributed by atoms with van der Waals surface area (Å²) >= 11 is 1.61. The van der Waals surface area contributed by atoms with E-state index in [2.05, 4.69) is 10.1 Å². The number of nitrogens with zero attached hydrogens (tertiary/aromatic N) is 2. The minimum atomic E-state index is 0.392. The van der Waals surface area contributed by atoms with Crippen molar-refractivity contribution in [2.24, 2.45) is 0 Å². The van der Waals surface area contributed by atoms with E-state index < -0.39 is 0 Å². The van der Waals surface area contributed by atoms with Crippen molar-refractivity contribution >= 4 is 27.4 Å². The standard InChI is InChI=1S/C10H7N3OS/c11-10-4-8(14-13-10)6-1-2-9-7(3-6)12-5-15-9/h1-5H,(H2,11,13). The van der Waals surface area contributed by atoms with Gasteiger partial charge in [-0.1, -0.05) is 5.16 Å². The van der Waals surface area contributed by atoms with E-state index in [1.165, 1.54) is 0 Å². The molecule has 15 heavy (non-hydrogen) atoms. The zero-order valence-electron chi connectivity index (χ0n) is 7.68. The summed E-state index contributed by atoms with van der Waals surface area (Å²) in [5, 5.41) is 3.65. The van der Waals surface area contributed by atoms with Gasteiger partial charge in [-0.3, -0.25) is 0 Å². The van der Waals surface area contributed by atoms with Crippen LogP contribution in [0.2, 0.25) is 0 Å². The van der Waals surface area contributed by atoms with E-state index in [-0.39, 0.29) is 0 Å². The van der Waals surface area contributed by atoms with Gasteiger partial charge < -0.3 is 10.3 Å². The molecule has 0 radical (unpaired) electrons. The first-order chi connectivity index (χ1) is 7.33. The first kappa shape index (κ1) is 8.43. The van der Waals surface area contributed by atoms with Crippen molar-refractivity contribution in [1.82, 2.24) is 10.1 Å². The van der Waals surface area contributed by atoms with Crippen molar-refractivity contribution in [3.05, 3.63) is 29.8 Å². The molecule has 0 saturated heterocycles. The van der Waals surface area contributed by atoms with Gasteiger partial charge in [0.2, 0.25) is 0 Å². The number of aromatic nitrogens is 2. The Balaban J connectivity index is 2.18. The molecule has 1 aromatic carbocycles. The Bertz CT molecular complexity index is 614. The van der Waals surface area contributed by atoms with Crippen LogP contribution in [0.25, 0.3) is 21.5 Å². The van der Waals surface area contributed by atoms with Crippen LogP contribution in [0, 0.1) is 0 Å². The van der Waals surface area contributed by atoms with Crippen LogP contribution in [0.4, 0.5) is 5.82 Å². The molecule has 5 heteroatoms. The first-order valence-electron chi connectivity index (χ1n) is 4.39. The first-order valence-corrected chi connectivity index (χ1v) is 5.27. The highest BCUT2D eigenvalue weighted by Gasteiger charge is 2.06. The Morgan fingerprint density at radius 1 is 1.27 bits per heavy atom. The minimum absolute atomic E-state index is 0.392. The van der Waals surface area contributed by atoms with Crippen LogP contribution in [-0.2, 0) is 0 Å². The van der Waals surface area contributed by atoms with E-state index in [1.807, 2.05) is 23.7 Å². The van der Waals surface area contributed by atoms with Crippen LogP contribution in [-0.4, -0.2) is 10.1 Å². The Morgan fingerprint density at radius 3 is 3.00 bits per heavy atom. The molecule has 2 N–H and O–H groups in total.